The number of carbonyl (C=O) groups is 2. The topological polar surface area (TPSA) is 58.2 Å². The fourth-order valence-electron chi connectivity index (χ4n) is 3.21. The first kappa shape index (κ1) is 13.3. The summed E-state index contributed by atoms with van der Waals surface area (Å²) >= 11 is 0. The number of rotatable bonds is 4. The summed E-state index contributed by atoms with van der Waals surface area (Å²) in [6.07, 6.45) is 4.19. The van der Waals surface area contributed by atoms with Gasteiger partial charge in [-0.3, -0.25) is 9.59 Å². The van der Waals surface area contributed by atoms with Crippen molar-refractivity contribution >= 4 is 22.6 Å². The second-order valence-corrected chi connectivity index (χ2v) is 6.14. The van der Waals surface area contributed by atoms with Crippen molar-refractivity contribution in [1.29, 1.82) is 0 Å². The number of carbonyl (C=O) groups excluding carboxylic acids is 2. The monoisotopic (exact) mass is 294 g/mol. The standard InChI is InChI=1S/C18H18N2O2/c21-16(20-13-7-8-13)10-19-18(22)15-9-6-12-5-4-11-2-1-3-14(15)17(11)12/h1-3,6,9,13H,4-5,7-8,10H2,(H,19,22)(H,20,21). The minimum atomic E-state index is -0.179. The maximum Gasteiger partial charge on any atom is 0.252 e. The van der Waals surface area contributed by atoms with Gasteiger partial charge in [0.2, 0.25) is 5.91 Å². The zero-order valence-corrected chi connectivity index (χ0v) is 12.3. The predicted octanol–water partition coefficient (Wildman–Crippen LogP) is 1.95. The van der Waals surface area contributed by atoms with Crippen LogP contribution in [-0.4, -0.2) is 24.4 Å². The Morgan fingerprint density at radius 1 is 1.05 bits per heavy atom. The van der Waals surface area contributed by atoms with Gasteiger partial charge < -0.3 is 10.6 Å². The molecule has 22 heavy (non-hydrogen) atoms. The number of hydrogen-bond acceptors (Lipinski definition) is 2. The van der Waals surface area contributed by atoms with Gasteiger partial charge in [-0.1, -0.05) is 24.3 Å². The summed E-state index contributed by atoms with van der Waals surface area (Å²) in [5, 5.41) is 7.82. The summed E-state index contributed by atoms with van der Waals surface area (Å²) in [4.78, 5) is 24.1. The number of hydrogen-bond donors (Lipinski definition) is 2. The average molecular weight is 294 g/mol. The fourth-order valence-corrected chi connectivity index (χ4v) is 3.21. The Balaban J connectivity index is 1.56. The van der Waals surface area contributed by atoms with Crippen LogP contribution in [0.5, 0.6) is 0 Å². The molecule has 2 amide bonds. The zero-order valence-electron chi connectivity index (χ0n) is 12.3. The molecule has 4 rings (SSSR count). The Kier molecular flexibility index (Phi) is 3.10. The number of aryl methyl sites for hydroxylation is 2. The molecule has 2 aromatic carbocycles. The van der Waals surface area contributed by atoms with Crippen molar-refractivity contribution in [2.24, 2.45) is 0 Å². The molecule has 2 N–H and O–H groups in total. The van der Waals surface area contributed by atoms with Crippen molar-refractivity contribution in [3.63, 3.8) is 0 Å². The van der Waals surface area contributed by atoms with Crippen LogP contribution in [0, 0.1) is 0 Å². The average Bonchev–Trinajstić information content (AvgIpc) is 3.24. The summed E-state index contributed by atoms with van der Waals surface area (Å²) in [7, 11) is 0. The van der Waals surface area contributed by atoms with Gasteiger partial charge in [0.25, 0.3) is 5.91 Å². The highest BCUT2D eigenvalue weighted by Gasteiger charge is 2.23. The van der Waals surface area contributed by atoms with E-state index in [1.54, 1.807) is 0 Å². The molecule has 0 atom stereocenters. The van der Waals surface area contributed by atoms with Crippen molar-refractivity contribution in [2.45, 2.75) is 31.7 Å². The molecule has 0 unspecified atom stereocenters. The Morgan fingerprint density at radius 2 is 1.82 bits per heavy atom. The minimum absolute atomic E-state index is 0.0399. The Bertz CT molecular complexity index is 768. The van der Waals surface area contributed by atoms with Crippen molar-refractivity contribution in [3.8, 4) is 0 Å². The molecule has 0 bridgehead atoms. The number of nitrogens with one attached hydrogen (secondary N) is 2. The molecule has 0 heterocycles. The highest BCUT2D eigenvalue weighted by atomic mass is 16.2. The molecule has 2 aliphatic carbocycles. The first-order chi connectivity index (χ1) is 10.7. The van der Waals surface area contributed by atoms with E-state index in [2.05, 4.69) is 16.7 Å². The predicted molar refractivity (Wildman–Crippen MR) is 84.9 cm³/mol. The minimum Gasteiger partial charge on any atom is -0.352 e. The molecule has 1 saturated carbocycles. The lowest BCUT2D eigenvalue weighted by molar-refractivity contribution is -0.120. The third-order valence-electron chi connectivity index (χ3n) is 4.47. The Hall–Kier alpha value is -2.36. The molecular formula is C18H18N2O2. The largest absolute Gasteiger partial charge is 0.352 e. The number of amides is 2. The smallest absolute Gasteiger partial charge is 0.252 e. The maximum atomic E-state index is 12.4. The first-order valence-electron chi connectivity index (χ1n) is 7.83. The molecule has 2 aromatic rings. The van der Waals surface area contributed by atoms with Crippen LogP contribution in [0.1, 0.15) is 34.3 Å². The van der Waals surface area contributed by atoms with Gasteiger partial charge in [-0.2, -0.15) is 0 Å². The van der Waals surface area contributed by atoms with Crippen LogP contribution in [0.4, 0.5) is 0 Å². The summed E-state index contributed by atoms with van der Waals surface area (Å²) in [6.45, 7) is 0.0399. The lowest BCUT2D eigenvalue weighted by Crippen LogP contribution is -2.37. The van der Waals surface area contributed by atoms with E-state index in [1.165, 1.54) is 16.5 Å². The van der Waals surface area contributed by atoms with Gasteiger partial charge in [0, 0.05) is 11.6 Å². The van der Waals surface area contributed by atoms with E-state index < -0.39 is 0 Å². The summed E-state index contributed by atoms with van der Waals surface area (Å²) in [5.41, 5.74) is 3.28. The normalized spacial score (nSPS) is 15.8. The lowest BCUT2D eigenvalue weighted by atomic mass is 9.99. The third kappa shape index (κ3) is 2.34. The first-order valence-corrected chi connectivity index (χ1v) is 7.83. The molecule has 4 heteroatoms. The van der Waals surface area contributed by atoms with Crippen LogP contribution in [0.2, 0.25) is 0 Å². The molecule has 0 radical (unpaired) electrons. The molecule has 0 aliphatic heterocycles. The quantitative estimate of drug-likeness (QED) is 0.905. The van der Waals surface area contributed by atoms with E-state index in [4.69, 9.17) is 0 Å². The summed E-state index contributed by atoms with van der Waals surface area (Å²) in [5.74, 6) is -0.289. The molecule has 2 aliphatic rings. The van der Waals surface area contributed by atoms with E-state index >= 15 is 0 Å². The zero-order chi connectivity index (χ0) is 15.1. The second-order valence-electron chi connectivity index (χ2n) is 6.14. The van der Waals surface area contributed by atoms with Crippen LogP contribution < -0.4 is 10.6 Å². The fraction of sp³-hybridized carbons (Fsp3) is 0.333. The molecule has 0 saturated heterocycles. The van der Waals surface area contributed by atoms with E-state index in [0.717, 1.165) is 31.1 Å². The Morgan fingerprint density at radius 3 is 2.59 bits per heavy atom. The second kappa shape index (κ2) is 5.13. The lowest BCUT2D eigenvalue weighted by Gasteiger charge is -2.10. The molecule has 4 nitrogen and oxygen atoms in total. The van der Waals surface area contributed by atoms with Gasteiger partial charge in [-0.25, -0.2) is 0 Å². The van der Waals surface area contributed by atoms with E-state index in [0.29, 0.717) is 11.6 Å². The molecule has 0 spiro atoms. The van der Waals surface area contributed by atoms with Gasteiger partial charge in [-0.15, -0.1) is 0 Å². The molecule has 1 fully saturated rings. The van der Waals surface area contributed by atoms with Crippen molar-refractivity contribution in [2.75, 3.05) is 6.54 Å². The van der Waals surface area contributed by atoms with Crippen molar-refractivity contribution in [3.05, 3.63) is 47.0 Å². The van der Waals surface area contributed by atoms with E-state index in [1.807, 2.05) is 24.3 Å². The van der Waals surface area contributed by atoms with Crippen LogP contribution in [-0.2, 0) is 17.6 Å². The van der Waals surface area contributed by atoms with E-state index in [-0.39, 0.29) is 18.4 Å². The molecular weight excluding hydrogens is 276 g/mol. The SMILES string of the molecule is O=C(CNC(=O)c1ccc2c3c(cccc13)CC2)NC1CC1. The summed E-state index contributed by atoms with van der Waals surface area (Å²) in [6, 6.07) is 10.4. The van der Waals surface area contributed by atoms with Crippen molar-refractivity contribution in [1.82, 2.24) is 10.6 Å². The van der Waals surface area contributed by atoms with Gasteiger partial charge in [0.15, 0.2) is 0 Å². The number of benzene rings is 2. The van der Waals surface area contributed by atoms with Crippen LogP contribution in [0.15, 0.2) is 30.3 Å². The highest BCUT2D eigenvalue weighted by molar-refractivity contribution is 6.09. The summed E-state index contributed by atoms with van der Waals surface area (Å²) < 4.78 is 0. The molecule has 0 aromatic heterocycles. The van der Waals surface area contributed by atoms with Gasteiger partial charge >= 0.3 is 0 Å². The van der Waals surface area contributed by atoms with Crippen LogP contribution in [0.3, 0.4) is 0 Å². The van der Waals surface area contributed by atoms with Crippen LogP contribution in [0.25, 0.3) is 10.8 Å². The van der Waals surface area contributed by atoms with Gasteiger partial charge in [-0.05, 0) is 53.6 Å². The van der Waals surface area contributed by atoms with Gasteiger partial charge in [0.05, 0.1) is 6.54 Å². The van der Waals surface area contributed by atoms with Crippen molar-refractivity contribution < 1.29 is 9.59 Å². The highest BCUT2D eigenvalue weighted by Crippen LogP contribution is 2.32. The maximum absolute atomic E-state index is 12.4. The Labute approximate surface area is 128 Å². The van der Waals surface area contributed by atoms with E-state index in [9.17, 15) is 9.59 Å². The van der Waals surface area contributed by atoms with Crippen LogP contribution >= 0.6 is 0 Å². The van der Waals surface area contributed by atoms with Gasteiger partial charge in [0.1, 0.15) is 0 Å². The molecule has 112 valence electrons. The third-order valence-corrected chi connectivity index (χ3v) is 4.47.